The van der Waals surface area contributed by atoms with Gasteiger partial charge in [-0.3, -0.25) is 5.32 Å². The molecule has 1 aromatic carbocycles. The first kappa shape index (κ1) is 8.53. The summed E-state index contributed by atoms with van der Waals surface area (Å²) in [7, 11) is 0. The maximum atomic E-state index is 5.67. The lowest BCUT2D eigenvalue weighted by Gasteiger charge is -2.19. The molecule has 1 fully saturated rings. The molecule has 0 aromatic heterocycles. The van der Waals surface area contributed by atoms with Crippen LogP contribution in [0.25, 0.3) is 0 Å². The zero-order valence-electron chi connectivity index (χ0n) is 7.66. The summed E-state index contributed by atoms with van der Waals surface area (Å²) in [6.07, 6.45) is 0. The van der Waals surface area contributed by atoms with Crippen molar-refractivity contribution in [3.05, 3.63) is 29.8 Å². The summed E-state index contributed by atoms with van der Waals surface area (Å²) in [5.41, 5.74) is 8.17. The van der Waals surface area contributed by atoms with Crippen LogP contribution in [0.5, 0.6) is 0 Å². The molecule has 0 unspecified atom stereocenters. The summed E-state index contributed by atoms with van der Waals surface area (Å²) in [5, 5.41) is 3.31. The number of nitrogens with two attached hydrogens (primary N) is 1. The fraction of sp³-hybridized carbons (Fsp3) is 0.400. The zero-order valence-corrected chi connectivity index (χ0v) is 7.66. The normalized spacial score (nSPS) is 16.5. The SMILES string of the molecule is NCc1ccccc1N1CCNC1. The van der Waals surface area contributed by atoms with Crippen molar-refractivity contribution in [2.24, 2.45) is 5.73 Å². The first-order valence-corrected chi connectivity index (χ1v) is 4.65. The lowest BCUT2D eigenvalue weighted by molar-refractivity contribution is 0.851. The van der Waals surface area contributed by atoms with Crippen LogP contribution in [0.3, 0.4) is 0 Å². The van der Waals surface area contributed by atoms with Gasteiger partial charge in [-0.1, -0.05) is 18.2 Å². The molecule has 0 aliphatic carbocycles. The highest BCUT2D eigenvalue weighted by Crippen LogP contribution is 2.20. The van der Waals surface area contributed by atoms with Gasteiger partial charge in [0.05, 0.1) is 6.67 Å². The van der Waals surface area contributed by atoms with Gasteiger partial charge >= 0.3 is 0 Å². The van der Waals surface area contributed by atoms with Gasteiger partial charge in [0.1, 0.15) is 0 Å². The highest BCUT2D eigenvalue weighted by molar-refractivity contribution is 5.54. The minimum atomic E-state index is 0.618. The summed E-state index contributed by atoms with van der Waals surface area (Å²) < 4.78 is 0. The largest absolute Gasteiger partial charge is 0.357 e. The fourth-order valence-electron chi connectivity index (χ4n) is 1.70. The number of anilines is 1. The van der Waals surface area contributed by atoms with E-state index in [-0.39, 0.29) is 0 Å². The van der Waals surface area contributed by atoms with Crippen LogP contribution in [0.4, 0.5) is 5.69 Å². The Morgan fingerprint density at radius 3 is 2.92 bits per heavy atom. The minimum Gasteiger partial charge on any atom is -0.357 e. The molecule has 0 spiro atoms. The van der Waals surface area contributed by atoms with Crippen LogP contribution in [0.2, 0.25) is 0 Å². The predicted octanol–water partition coefficient (Wildman–Crippen LogP) is 0.512. The van der Waals surface area contributed by atoms with Gasteiger partial charge in [-0.15, -0.1) is 0 Å². The Kier molecular flexibility index (Phi) is 2.47. The van der Waals surface area contributed by atoms with Crippen molar-refractivity contribution >= 4 is 5.69 Å². The van der Waals surface area contributed by atoms with Crippen molar-refractivity contribution in [2.75, 3.05) is 24.7 Å². The Morgan fingerprint density at radius 1 is 1.38 bits per heavy atom. The van der Waals surface area contributed by atoms with E-state index in [1.54, 1.807) is 0 Å². The van der Waals surface area contributed by atoms with Crippen molar-refractivity contribution < 1.29 is 0 Å². The minimum absolute atomic E-state index is 0.618. The van der Waals surface area contributed by atoms with Gasteiger partial charge in [0.2, 0.25) is 0 Å². The maximum Gasteiger partial charge on any atom is 0.0683 e. The number of nitrogens with one attached hydrogen (secondary N) is 1. The monoisotopic (exact) mass is 177 g/mol. The Bertz CT molecular complexity index is 279. The Balaban J connectivity index is 2.26. The molecule has 3 heteroatoms. The third-order valence-electron chi connectivity index (χ3n) is 2.41. The maximum absolute atomic E-state index is 5.67. The van der Waals surface area contributed by atoms with Crippen molar-refractivity contribution in [2.45, 2.75) is 6.54 Å². The van der Waals surface area contributed by atoms with Crippen LogP contribution in [-0.4, -0.2) is 19.8 Å². The molecule has 3 nitrogen and oxygen atoms in total. The number of hydrogen-bond donors (Lipinski definition) is 2. The second kappa shape index (κ2) is 3.77. The molecule has 0 atom stereocenters. The number of hydrogen-bond acceptors (Lipinski definition) is 3. The van der Waals surface area contributed by atoms with E-state index in [2.05, 4.69) is 28.4 Å². The smallest absolute Gasteiger partial charge is 0.0683 e. The standard InChI is InChI=1S/C10H15N3/c11-7-9-3-1-2-4-10(9)13-6-5-12-8-13/h1-4,12H,5-8,11H2. The number of para-hydroxylation sites is 1. The fourth-order valence-corrected chi connectivity index (χ4v) is 1.70. The molecule has 1 heterocycles. The predicted molar refractivity (Wildman–Crippen MR) is 54.5 cm³/mol. The highest BCUT2D eigenvalue weighted by atomic mass is 15.3. The summed E-state index contributed by atoms with van der Waals surface area (Å²) >= 11 is 0. The molecule has 1 aliphatic heterocycles. The lowest BCUT2D eigenvalue weighted by Crippen LogP contribution is -2.22. The van der Waals surface area contributed by atoms with E-state index in [1.807, 2.05) is 6.07 Å². The molecule has 70 valence electrons. The van der Waals surface area contributed by atoms with Crippen LogP contribution < -0.4 is 16.0 Å². The van der Waals surface area contributed by atoms with Crippen molar-refractivity contribution in [3.63, 3.8) is 0 Å². The quantitative estimate of drug-likeness (QED) is 0.691. The molecule has 2 rings (SSSR count). The van der Waals surface area contributed by atoms with E-state index < -0.39 is 0 Å². The number of rotatable bonds is 2. The van der Waals surface area contributed by atoms with Crippen LogP contribution in [0.15, 0.2) is 24.3 Å². The molecule has 0 radical (unpaired) electrons. The summed E-state index contributed by atoms with van der Waals surface area (Å²) in [4.78, 5) is 2.32. The van der Waals surface area contributed by atoms with Gasteiger partial charge in [0, 0.05) is 25.3 Å². The molecule has 0 saturated carbocycles. The lowest BCUT2D eigenvalue weighted by atomic mass is 10.1. The van der Waals surface area contributed by atoms with E-state index in [1.165, 1.54) is 11.3 Å². The second-order valence-corrected chi connectivity index (χ2v) is 3.25. The summed E-state index contributed by atoms with van der Waals surface area (Å²) in [6.45, 7) is 3.71. The molecule has 1 saturated heterocycles. The number of nitrogens with zero attached hydrogens (tertiary/aromatic N) is 1. The Morgan fingerprint density at radius 2 is 2.23 bits per heavy atom. The van der Waals surface area contributed by atoms with E-state index >= 15 is 0 Å². The third kappa shape index (κ3) is 1.66. The van der Waals surface area contributed by atoms with Gasteiger partial charge in [0.15, 0.2) is 0 Å². The van der Waals surface area contributed by atoms with Gasteiger partial charge in [-0.25, -0.2) is 0 Å². The molecule has 0 amide bonds. The molecule has 1 aromatic rings. The van der Waals surface area contributed by atoms with Crippen molar-refractivity contribution in [3.8, 4) is 0 Å². The molecule has 1 aliphatic rings. The average Bonchev–Trinajstić information content (AvgIpc) is 2.70. The first-order valence-electron chi connectivity index (χ1n) is 4.65. The van der Waals surface area contributed by atoms with E-state index in [4.69, 9.17) is 5.73 Å². The second-order valence-electron chi connectivity index (χ2n) is 3.25. The van der Waals surface area contributed by atoms with Crippen molar-refractivity contribution in [1.29, 1.82) is 0 Å². The zero-order chi connectivity index (χ0) is 9.10. The van der Waals surface area contributed by atoms with Gasteiger partial charge in [-0.05, 0) is 11.6 Å². The summed E-state index contributed by atoms with van der Waals surface area (Å²) in [6, 6.07) is 8.32. The molecule has 3 N–H and O–H groups in total. The third-order valence-corrected chi connectivity index (χ3v) is 2.41. The van der Waals surface area contributed by atoms with Crippen LogP contribution in [0.1, 0.15) is 5.56 Å². The molecular weight excluding hydrogens is 162 g/mol. The average molecular weight is 177 g/mol. The van der Waals surface area contributed by atoms with Crippen molar-refractivity contribution in [1.82, 2.24) is 5.32 Å². The molecular formula is C10H15N3. The summed E-state index contributed by atoms with van der Waals surface area (Å²) in [5.74, 6) is 0. The molecule has 0 bridgehead atoms. The van der Waals surface area contributed by atoms with Crippen LogP contribution >= 0.6 is 0 Å². The molecule has 13 heavy (non-hydrogen) atoms. The van der Waals surface area contributed by atoms with E-state index in [0.717, 1.165) is 19.8 Å². The highest BCUT2D eigenvalue weighted by Gasteiger charge is 2.13. The van der Waals surface area contributed by atoms with Gasteiger partial charge in [-0.2, -0.15) is 0 Å². The Labute approximate surface area is 78.5 Å². The number of benzene rings is 1. The van der Waals surface area contributed by atoms with Gasteiger partial charge < -0.3 is 10.6 Å². The first-order chi connectivity index (χ1) is 6.42. The van der Waals surface area contributed by atoms with E-state index in [9.17, 15) is 0 Å². The van der Waals surface area contributed by atoms with Crippen LogP contribution in [-0.2, 0) is 6.54 Å². The van der Waals surface area contributed by atoms with Crippen LogP contribution in [0, 0.1) is 0 Å². The topological polar surface area (TPSA) is 41.3 Å². The Hall–Kier alpha value is -1.06. The van der Waals surface area contributed by atoms with Gasteiger partial charge in [0.25, 0.3) is 0 Å². The van der Waals surface area contributed by atoms with E-state index in [0.29, 0.717) is 6.54 Å².